The molecule has 1 unspecified atom stereocenters. The van der Waals surface area contributed by atoms with Crippen LogP contribution in [0.4, 0.5) is 0 Å². The Labute approximate surface area is 124 Å². The molecule has 0 saturated heterocycles. The molecular formula is C14H14BrNO2S. The smallest absolute Gasteiger partial charge is 0.251 e. The molecule has 0 fully saturated rings. The van der Waals surface area contributed by atoms with Crippen LogP contribution in [-0.2, 0) is 5.60 Å². The second kappa shape index (κ2) is 5.86. The zero-order chi connectivity index (χ0) is 13.9. The molecule has 19 heavy (non-hydrogen) atoms. The van der Waals surface area contributed by atoms with E-state index < -0.39 is 5.60 Å². The lowest BCUT2D eigenvalue weighted by Gasteiger charge is -2.22. The number of carbonyl (C=O) groups excluding carboxylic acids is 1. The number of halogens is 1. The maximum Gasteiger partial charge on any atom is 0.251 e. The molecule has 0 aliphatic carbocycles. The molecule has 0 aliphatic heterocycles. The van der Waals surface area contributed by atoms with Crippen LogP contribution < -0.4 is 5.32 Å². The van der Waals surface area contributed by atoms with Gasteiger partial charge < -0.3 is 10.4 Å². The SMILES string of the molecule is CC(O)(CNC(=O)c1ccc(Br)cc1)c1cccs1. The Morgan fingerprint density at radius 3 is 2.63 bits per heavy atom. The minimum Gasteiger partial charge on any atom is -0.383 e. The third kappa shape index (κ3) is 3.65. The van der Waals surface area contributed by atoms with Crippen LogP contribution >= 0.6 is 27.3 Å². The van der Waals surface area contributed by atoms with Gasteiger partial charge >= 0.3 is 0 Å². The summed E-state index contributed by atoms with van der Waals surface area (Å²) in [6.45, 7) is 1.88. The van der Waals surface area contributed by atoms with Crippen molar-refractivity contribution in [3.8, 4) is 0 Å². The predicted molar refractivity (Wildman–Crippen MR) is 80.4 cm³/mol. The molecule has 1 amide bonds. The molecule has 0 saturated carbocycles. The molecular weight excluding hydrogens is 326 g/mol. The minimum absolute atomic E-state index is 0.183. The van der Waals surface area contributed by atoms with Crippen LogP contribution in [0.2, 0.25) is 0 Å². The van der Waals surface area contributed by atoms with Crippen molar-refractivity contribution in [3.05, 3.63) is 56.7 Å². The summed E-state index contributed by atoms with van der Waals surface area (Å²) in [5.74, 6) is -0.190. The Balaban J connectivity index is 1.99. The molecule has 1 heterocycles. The normalized spacial score (nSPS) is 13.8. The van der Waals surface area contributed by atoms with Crippen molar-refractivity contribution in [2.45, 2.75) is 12.5 Å². The summed E-state index contributed by atoms with van der Waals surface area (Å²) in [5, 5.41) is 15.0. The van der Waals surface area contributed by atoms with Gasteiger partial charge in [-0.2, -0.15) is 0 Å². The molecule has 0 radical (unpaired) electrons. The summed E-state index contributed by atoms with van der Waals surface area (Å²) in [6.07, 6.45) is 0. The number of hydrogen-bond acceptors (Lipinski definition) is 3. The first-order valence-corrected chi connectivity index (χ1v) is 7.46. The van der Waals surface area contributed by atoms with Crippen LogP contribution in [0.5, 0.6) is 0 Å². The molecule has 2 N–H and O–H groups in total. The van der Waals surface area contributed by atoms with Crippen LogP contribution in [0.1, 0.15) is 22.2 Å². The summed E-state index contributed by atoms with van der Waals surface area (Å²) in [5.41, 5.74) is -0.468. The van der Waals surface area contributed by atoms with Gasteiger partial charge in [-0.1, -0.05) is 22.0 Å². The summed E-state index contributed by atoms with van der Waals surface area (Å²) in [4.78, 5) is 12.8. The van der Waals surface area contributed by atoms with E-state index in [1.807, 2.05) is 29.6 Å². The number of aliphatic hydroxyl groups is 1. The van der Waals surface area contributed by atoms with E-state index in [2.05, 4.69) is 21.2 Å². The summed E-state index contributed by atoms with van der Waals surface area (Å²) in [6, 6.07) is 10.8. The average molecular weight is 340 g/mol. The molecule has 1 aromatic carbocycles. The summed E-state index contributed by atoms with van der Waals surface area (Å²) >= 11 is 4.79. The predicted octanol–water partition coefficient (Wildman–Crippen LogP) is 3.15. The summed E-state index contributed by atoms with van der Waals surface area (Å²) in [7, 11) is 0. The van der Waals surface area contributed by atoms with E-state index in [-0.39, 0.29) is 12.5 Å². The number of amides is 1. The van der Waals surface area contributed by atoms with Gasteiger partial charge in [-0.05, 0) is 42.6 Å². The van der Waals surface area contributed by atoms with Crippen molar-refractivity contribution in [3.63, 3.8) is 0 Å². The van der Waals surface area contributed by atoms with E-state index in [0.29, 0.717) is 5.56 Å². The van der Waals surface area contributed by atoms with Crippen molar-refractivity contribution >= 4 is 33.2 Å². The van der Waals surface area contributed by atoms with Gasteiger partial charge in [-0.25, -0.2) is 0 Å². The zero-order valence-electron chi connectivity index (χ0n) is 10.4. The lowest BCUT2D eigenvalue weighted by atomic mass is 10.1. The molecule has 0 bridgehead atoms. The maximum absolute atomic E-state index is 11.9. The standard InChI is InChI=1S/C14H14BrNO2S/c1-14(18,12-3-2-8-19-12)9-16-13(17)10-4-6-11(15)7-5-10/h2-8,18H,9H2,1H3,(H,16,17). The topological polar surface area (TPSA) is 49.3 Å². The van der Waals surface area contributed by atoms with Gasteiger partial charge in [0.15, 0.2) is 0 Å². The van der Waals surface area contributed by atoms with E-state index >= 15 is 0 Å². The number of nitrogens with one attached hydrogen (secondary N) is 1. The van der Waals surface area contributed by atoms with Crippen molar-refractivity contribution in [2.75, 3.05) is 6.54 Å². The van der Waals surface area contributed by atoms with Gasteiger partial charge in [0.25, 0.3) is 5.91 Å². The number of rotatable bonds is 4. The van der Waals surface area contributed by atoms with Crippen molar-refractivity contribution in [1.82, 2.24) is 5.32 Å². The quantitative estimate of drug-likeness (QED) is 0.898. The lowest BCUT2D eigenvalue weighted by molar-refractivity contribution is 0.0557. The van der Waals surface area contributed by atoms with Crippen LogP contribution in [0.3, 0.4) is 0 Å². The van der Waals surface area contributed by atoms with Gasteiger partial charge in [-0.15, -0.1) is 11.3 Å². The highest BCUT2D eigenvalue weighted by molar-refractivity contribution is 9.10. The minimum atomic E-state index is -1.04. The van der Waals surface area contributed by atoms with Crippen LogP contribution in [0, 0.1) is 0 Å². The highest BCUT2D eigenvalue weighted by Gasteiger charge is 2.24. The number of carbonyl (C=O) groups is 1. The van der Waals surface area contributed by atoms with Gasteiger partial charge in [0.1, 0.15) is 5.60 Å². The Morgan fingerprint density at radius 1 is 1.37 bits per heavy atom. The molecule has 1 atom stereocenters. The zero-order valence-corrected chi connectivity index (χ0v) is 12.8. The van der Waals surface area contributed by atoms with Crippen LogP contribution in [-0.4, -0.2) is 17.6 Å². The molecule has 5 heteroatoms. The molecule has 100 valence electrons. The lowest BCUT2D eigenvalue weighted by Crippen LogP contribution is -2.38. The van der Waals surface area contributed by atoms with E-state index in [9.17, 15) is 9.90 Å². The Kier molecular flexibility index (Phi) is 4.39. The average Bonchev–Trinajstić information content (AvgIpc) is 2.91. The second-order valence-electron chi connectivity index (χ2n) is 4.44. The van der Waals surface area contributed by atoms with Gasteiger partial charge in [0, 0.05) is 14.9 Å². The van der Waals surface area contributed by atoms with E-state index in [1.54, 1.807) is 19.1 Å². The first kappa shape index (κ1) is 14.2. The third-order valence-corrected chi connectivity index (χ3v) is 4.40. The van der Waals surface area contributed by atoms with Crippen molar-refractivity contribution < 1.29 is 9.90 Å². The molecule has 0 spiro atoms. The molecule has 2 aromatic rings. The number of benzene rings is 1. The van der Waals surface area contributed by atoms with E-state index in [4.69, 9.17) is 0 Å². The Hall–Kier alpha value is -1.17. The van der Waals surface area contributed by atoms with Gasteiger partial charge in [0.05, 0.1) is 6.54 Å². The van der Waals surface area contributed by atoms with Crippen LogP contribution in [0.25, 0.3) is 0 Å². The van der Waals surface area contributed by atoms with E-state index in [1.165, 1.54) is 11.3 Å². The van der Waals surface area contributed by atoms with Crippen molar-refractivity contribution in [1.29, 1.82) is 0 Å². The Bertz CT molecular complexity index is 549. The Morgan fingerprint density at radius 2 is 2.05 bits per heavy atom. The molecule has 0 aliphatic rings. The first-order chi connectivity index (χ1) is 8.99. The second-order valence-corrected chi connectivity index (χ2v) is 6.30. The highest BCUT2D eigenvalue weighted by Crippen LogP contribution is 2.24. The fourth-order valence-corrected chi connectivity index (χ4v) is 2.68. The maximum atomic E-state index is 11.9. The first-order valence-electron chi connectivity index (χ1n) is 5.79. The highest BCUT2D eigenvalue weighted by atomic mass is 79.9. The number of hydrogen-bond donors (Lipinski definition) is 2. The van der Waals surface area contributed by atoms with Crippen molar-refractivity contribution in [2.24, 2.45) is 0 Å². The summed E-state index contributed by atoms with van der Waals surface area (Å²) < 4.78 is 0.926. The third-order valence-electron chi connectivity index (χ3n) is 2.75. The largest absolute Gasteiger partial charge is 0.383 e. The molecule has 1 aromatic heterocycles. The number of thiophene rings is 1. The van der Waals surface area contributed by atoms with Crippen LogP contribution in [0.15, 0.2) is 46.3 Å². The van der Waals surface area contributed by atoms with E-state index in [0.717, 1.165) is 9.35 Å². The van der Waals surface area contributed by atoms with Gasteiger partial charge in [-0.3, -0.25) is 4.79 Å². The monoisotopic (exact) mass is 339 g/mol. The fraction of sp³-hybridized carbons (Fsp3) is 0.214. The van der Waals surface area contributed by atoms with Gasteiger partial charge in [0.2, 0.25) is 0 Å². The fourth-order valence-electron chi connectivity index (χ4n) is 1.63. The molecule has 3 nitrogen and oxygen atoms in total. The molecule has 2 rings (SSSR count).